The largest absolute Gasteiger partial charge is 0.417 e. The third-order valence-electron chi connectivity index (χ3n) is 3.62. The van der Waals surface area contributed by atoms with Gasteiger partial charge in [0.25, 0.3) is 0 Å². The molecule has 0 radical (unpaired) electrons. The fourth-order valence-electron chi connectivity index (χ4n) is 2.33. The Bertz CT molecular complexity index is 1000. The Kier molecular flexibility index (Phi) is 4.98. The smallest absolute Gasteiger partial charge is 0.398 e. The van der Waals surface area contributed by atoms with Gasteiger partial charge in [-0.15, -0.1) is 0 Å². The standard InChI is InChI=1S/C17H10ClF3IN3O/c18-14-3-2-11(6-13(14)17(19,20)21)25-8-9(7-24-25)16(26)12-5-10(22)1-4-15(12)23/h1-8H,23H2. The van der Waals surface area contributed by atoms with Crippen molar-refractivity contribution in [3.05, 3.63) is 74.1 Å². The van der Waals surface area contributed by atoms with Crippen molar-refractivity contribution in [2.75, 3.05) is 5.73 Å². The summed E-state index contributed by atoms with van der Waals surface area (Å²) in [4.78, 5) is 12.6. The number of halogens is 5. The van der Waals surface area contributed by atoms with E-state index >= 15 is 0 Å². The summed E-state index contributed by atoms with van der Waals surface area (Å²) in [5.74, 6) is -0.364. The number of hydrogen-bond acceptors (Lipinski definition) is 3. The van der Waals surface area contributed by atoms with E-state index in [9.17, 15) is 18.0 Å². The predicted molar refractivity (Wildman–Crippen MR) is 101 cm³/mol. The van der Waals surface area contributed by atoms with Crippen molar-refractivity contribution in [2.45, 2.75) is 6.18 Å². The van der Waals surface area contributed by atoms with Crippen molar-refractivity contribution in [3.63, 3.8) is 0 Å². The highest BCUT2D eigenvalue weighted by atomic mass is 127. The maximum Gasteiger partial charge on any atom is 0.417 e. The van der Waals surface area contributed by atoms with Crippen LogP contribution in [0.1, 0.15) is 21.5 Å². The number of benzene rings is 2. The van der Waals surface area contributed by atoms with Crippen molar-refractivity contribution < 1.29 is 18.0 Å². The molecule has 2 aromatic carbocycles. The molecular weight excluding hydrogens is 482 g/mol. The number of nitrogen functional groups attached to an aromatic ring is 1. The predicted octanol–water partition coefficient (Wildman–Crippen LogP) is 4.96. The van der Waals surface area contributed by atoms with Crippen molar-refractivity contribution in [3.8, 4) is 5.69 Å². The van der Waals surface area contributed by atoms with Gasteiger partial charge in [0, 0.05) is 21.0 Å². The number of hydrogen-bond donors (Lipinski definition) is 1. The van der Waals surface area contributed by atoms with Crippen molar-refractivity contribution in [2.24, 2.45) is 0 Å². The monoisotopic (exact) mass is 491 g/mol. The number of nitrogens with two attached hydrogens (primary N) is 1. The normalized spacial score (nSPS) is 11.6. The van der Waals surface area contributed by atoms with Gasteiger partial charge in [0.05, 0.1) is 28.0 Å². The minimum atomic E-state index is -4.59. The molecule has 1 aromatic heterocycles. The summed E-state index contributed by atoms with van der Waals surface area (Å²) in [6.45, 7) is 0. The van der Waals surface area contributed by atoms with E-state index in [0.717, 1.165) is 15.7 Å². The van der Waals surface area contributed by atoms with Crippen LogP contribution in [0.3, 0.4) is 0 Å². The highest BCUT2D eigenvalue weighted by Gasteiger charge is 2.33. The first-order valence-corrected chi connectivity index (χ1v) is 8.64. The van der Waals surface area contributed by atoms with E-state index in [0.29, 0.717) is 11.3 Å². The number of carbonyl (C=O) groups is 1. The molecule has 4 nitrogen and oxygen atoms in total. The van der Waals surface area contributed by atoms with E-state index in [1.165, 1.54) is 23.1 Å². The molecule has 3 rings (SSSR count). The molecule has 0 unspecified atom stereocenters. The van der Waals surface area contributed by atoms with Crippen LogP contribution < -0.4 is 5.73 Å². The van der Waals surface area contributed by atoms with Gasteiger partial charge in [0.2, 0.25) is 0 Å². The Morgan fingerprint density at radius 2 is 1.92 bits per heavy atom. The number of anilines is 1. The Balaban J connectivity index is 1.98. The van der Waals surface area contributed by atoms with Crippen LogP contribution in [0.5, 0.6) is 0 Å². The van der Waals surface area contributed by atoms with Crippen LogP contribution in [-0.2, 0) is 6.18 Å². The molecule has 26 heavy (non-hydrogen) atoms. The summed E-state index contributed by atoms with van der Waals surface area (Å²) in [6, 6.07) is 8.43. The molecule has 0 saturated heterocycles. The van der Waals surface area contributed by atoms with Crippen LogP contribution in [0, 0.1) is 3.57 Å². The molecule has 0 atom stereocenters. The first kappa shape index (κ1) is 18.7. The maximum atomic E-state index is 13.0. The minimum absolute atomic E-state index is 0.136. The van der Waals surface area contributed by atoms with Crippen LogP contribution in [-0.4, -0.2) is 15.6 Å². The summed E-state index contributed by atoms with van der Waals surface area (Å²) < 4.78 is 41.0. The summed E-state index contributed by atoms with van der Waals surface area (Å²) in [5, 5.41) is 3.57. The molecule has 0 bridgehead atoms. The van der Waals surface area contributed by atoms with Gasteiger partial charge in [0.15, 0.2) is 5.78 Å². The molecule has 9 heteroatoms. The van der Waals surface area contributed by atoms with Gasteiger partial charge in [-0.25, -0.2) is 4.68 Å². The highest BCUT2D eigenvalue weighted by molar-refractivity contribution is 14.1. The molecule has 0 aliphatic carbocycles. The molecule has 0 saturated carbocycles. The van der Waals surface area contributed by atoms with Crippen LogP contribution in [0.15, 0.2) is 48.8 Å². The van der Waals surface area contributed by atoms with Crippen LogP contribution in [0.25, 0.3) is 5.69 Å². The Morgan fingerprint density at radius 1 is 1.19 bits per heavy atom. The van der Waals surface area contributed by atoms with Crippen molar-refractivity contribution in [1.82, 2.24) is 9.78 Å². The second kappa shape index (κ2) is 6.92. The summed E-state index contributed by atoms with van der Waals surface area (Å²) in [5.41, 5.74) is 5.84. The van der Waals surface area contributed by atoms with E-state index in [1.807, 2.05) is 0 Å². The molecule has 0 amide bonds. The van der Waals surface area contributed by atoms with E-state index in [1.54, 1.807) is 18.2 Å². The average Bonchev–Trinajstić information content (AvgIpc) is 3.06. The summed E-state index contributed by atoms with van der Waals surface area (Å²) in [7, 11) is 0. The van der Waals surface area contributed by atoms with Crippen molar-refractivity contribution in [1.29, 1.82) is 0 Å². The van der Waals surface area contributed by atoms with Gasteiger partial charge in [-0.2, -0.15) is 18.3 Å². The Morgan fingerprint density at radius 3 is 2.62 bits per heavy atom. The third kappa shape index (κ3) is 3.70. The Hall–Kier alpha value is -2.07. The van der Waals surface area contributed by atoms with Crippen molar-refractivity contribution >= 4 is 45.7 Å². The zero-order chi connectivity index (χ0) is 19.1. The zero-order valence-corrected chi connectivity index (χ0v) is 15.8. The lowest BCUT2D eigenvalue weighted by atomic mass is 10.0. The first-order valence-electron chi connectivity index (χ1n) is 7.18. The van der Waals surface area contributed by atoms with Gasteiger partial charge in [-0.05, 0) is 59.0 Å². The molecule has 134 valence electrons. The van der Waals surface area contributed by atoms with Gasteiger partial charge in [-0.1, -0.05) is 11.6 Å². The number of ketones is 1. The first-order chi connectivity index (χ1) is 12.2. The SMILES string of the molecule is Nc1ccc(I)cc1C(=O)c1cnn(-c2ccc(Cl)c(C(F)(F)F)c2)c1. The lowest BCUT2D eigenvalue weighted by Crippen LogP contribution is -2.07. The third-order valence-corrected chi connectivity index (χ3v) is 4.63. The second-order valence-corrected chi connectivity index (χ2v) is 7.05. The van der Waals surface area contributed by atoms with E-state index in [-0.39, 0.29) is 17.0 Å². The van der Waals surface area contributed by atoms with Crippen LogP contribution >= 0.6 is 34.2 Å². The van der Waals surface area contributed by atoms with Gasteiger partial charge in [-0.3, -0.25) is 4.79 Å². The molecule has 0 spiro atoms. The van der Waals surface area contributed by atoms with E-state index in [4.69, 9.17) is 17.3 Å². The fraction of sp³-hybridized carbons (Fsp3) is 0.0588. The molecule has 0 fully saturated rings. The molecule has 2 N–H and O–H groups in total. The quantitative estimate of drug-likeness (QED) is 0.320. The van der Waals surface area contributed by atoms with E-state index in [2.05, 4.69) is 27.7 Å². The molecule has 1 heterocycles. The van der Waals surface area contributed by atoms with Gasteiger partial charge in [0.1, 0.15) is 0 Å². The fourth-order valence-corrected chi connectivity index (χ4v) is 3.05. The second-order valence-electron chi connectivity index (χ2n) is 5.40. The van der Waals surface area contributed by atoms with E-state index < -0.39 is 16.8 Å². The average molecular weight is 492 g/mol. The molecule has 3 aromatic rings. The molecule has 0 aliphatic rings. The number of carbonyl (C=O) groups excluding carboxylic acids is 1. The minimum Gasteiger partial charge on any atom is -0.398 e. The topological polar surface area (TPSA) is 60.9 Å². The molecular formula is C17H10ClF3IN3O. The summed E-state index contributed by atoms with van der Waals surface area (Å²) in [6.07, 6.45) is -1.96. The summed E-state index contributed by atoms with van der Waals surface area (Å²) >= 11 is 7.67. The molecule has 0 aliphatic heterocycles. The number of rotatable bonds is 3. The number of alkyl halides is 3. The zero-order valence-electron chi connectivity index (χ0n) is 12.9. The lowest BCUT2D eigenvalue weighted by molar-refractivity contribution is -0.137. The number of aromatic nitrogens is 2. The van der Waals surface area contributed by atoms with Gasteiger partial charge >= 0.3 is 6.18 Å². The van der Waals surface area contributed by atoms with Crippen LogP contribution in [0.4, 0.5) is 18.9 Å². The number of nitrogens with zero attached hydrogens (tertiary/aromatic N) is 2. The Labute approximate surface area is 164 Å². The maximum absolute atomic E-state index is 13.0. The van der Waals surface area contributed by atoms with Crippen LogP contribution in [0.2, 0.25) is 5.02 Å². The lowest BCUT2D eigenvalue weighted by Gasteiger charge is -2.10. The highest BCUT2D eigenvalue weighted by Crippen LogP contribution is 2.35. The van der Waals surface area contributed by atoms with Gasteiger partial charge < -0.3 is 5.73 Å².